The maximum Gasteiger partial charge on any atom is 0.243 e. The van der Waals surface area contributed by atoms with Crippen molar-refractivity contribution in [1.29, 1.82) is 0 Å². The summed E-state index contributed by atoms with van der Waals surface area (Å²) in [5.74, 6) is 1.42. The highest BCUT2D eigenvalue weighted by atomic mass is 16.3. The van der Waals surface area contributed by atoms with Gasteiger partial charge >= 0.3 is 0 Å². The Balaban J connectivity index is 2.09. The average Bonchev–Trinajstić information content (AvgIpc) is 2.86. The molecule has 2 rings (SSSR count). The van der Waals surface area contributed by atoms with Crippen molar-refractivity contribution in [3.8, 4) is 0 Å². The van der Waals surface area contributed by atoms with Crippen molar-refractivity contribution in [2.24, 2.45) is 4.99 Å². The second-order valence-corrected chi connectivity index (χ2v) is 6.25. The van der Waals surface area contributed by atoms with Crippen molar-refractivity contribution in [3.05, 3.63) is 35.6 Å². The van der Waals surface area contributed by atoms with Gasteiger partial charge in [0, 0.05) is 31.1 Å². The number of furan rings is 1. The van der Waals surface area contributed by atoms with Crippen LogP contribution in [-0.4, -0.2) is 43.4 Å². The first-order valence-corrected chi connectivity index (χ1v) is 8.10. The Hall–Kier alpha value is -2.50. The van der Waals surface area contributed by atoms with Gasteiger partial charge < -0.3 is 20.0 Å². The molecule has 0 aliphatic carbocycles. The number of guanidine groups is 1. The van der Waals surface area contributed by atoms with Gasteiger partial charge in [0.05, 0.1) is 6.54 Å². The van der Waals surface area contributed by atoms with E-state index in [1.165, 1.54) is 4.90 Å². The molecule has 6 nitrogen and oxygen atoms in total. The van der Waals surface area contributed by atoms with Gasteiger partial charge in [0.15, 0.2) is 5.96 Å². The predicted octanol–water partition coefficient (Wildman–Crippen LogP) is 2.27. The summed E-state index contributed by atoms with van der Waals surface area (Å²) >= 11 is 0. The fourth-order valence-corrected chi connectivity index (χ4v) is 2.27. The van der Waals surface area contributed by atoms with E-state index in [2.05, 4.69) is 21.7 Å². The monoisotopic (exact) mass is 330 g/mol. The first-order valence-electron chi connectivity index (χ1n) is 8.10. The van der Waals surface area contributed by atoms with Crippen molar-refractivity contribution in [1.82, 2.24) is 15.5 Å². The van der Waals surface area contributed by atoms with E-state index in [0.29, 0.717) is 12.5 Å². The number of nitrogens with one attached hydrogen (secondary N) is 2. The second-order valence-electron chi connectivity index (χ2n) is 6.25. The van der Waals surface area contributed by atoms with Crippen molar-refractivity contribution in [3.63, 3.8) is 0 Å². The van der Waals surface area contributed by atoms with Gasteiger partial charge in [0.1, 0.15) is 17.9 Å². The third kappa shape index (κ3) is 4.50. The normalized spacial score (nSPS) is 11.8. The lowest BCUT2D eigenvalue weighted by Crippen LogP contribution is -2.41. The Morgan fingerprint density at radius 1 is 1.29 bits per heavy atom. The number of fused-ring (bicyclic) bond motifs is 1. The summed E-state index contributed by atoms with van der Waals surface area (Å²) in [5, 5.41) is 7.58. The van der Waals surface area contributed by atoms with E-state index < -0.39 is 0 Å². The zero-order chi connectivity index (χ0) is 17.7. The molecule has 1 heterocycles. The van der Waals surface area contributed by atoms with Crippen LogP contribution >= 0.6 is 0 Å². The van der Waals surface area contributed by atoms with Gasteiger partial charge in [-0.25, -0.2) is 4.99 Å². The molecule has 24 heavy (non-hydrogen) atoms. The van der Waals surface area contributed by atoms with E-state index in [4.69, 9.17) is 4.42 Å². The zero-order valence-electron chi connectivity index (χ0n) is 15.0. The molecule has 2 aromatic rings. The number of likely N-dealkylation sites (N-methyl/N-ethyl adjacent to an activating group) is 1. The summed E-state index contributed by atoms with van der Waals surface area (Å²) in [5.41, 5.74) is 2.00. The molecule has 130 valence electrons. The predicted molar refractivity (Wildman–Crippen MR) is 97.1 cm³/mol. The molecule has 6 heteroatoms. The van der Waals surface area contributed by atoms with E-state index in [9.17, 15) is 4.79 Å². The third-order valence-corrected chi connectivity index (χ3v) is 3.66. The van der Waals surface area contributed by atoms with Crippen molar-refractivity contribution in [2.75, 3.05) is 20.6 Å². The molecular formula is C18H26N4O2. The molecule has 0 spiro atoms. The number of hydrogen-bond donors (Lipinski definition) is 2. The lowest BCUT2D eigenvalue weighted by Gasteiger charge is -2.15. The van der Waals surface area contributed by atoms with Crippen molar-refractivity contribution in [2.45, 2.75) is 33.4 Å². The molecule has 0 aliphatic rings. The first kappa shape index (κ1) is 17.8. The van der Waals surface area contributed by atoms with Crippen LogP contribution in [-0.2, 0) is 11.3 Å². The number of carbonyl (C=O) groups is 1. The van der Waals surface area contributed by atoms with Crippen LogP contribution in [0.2, 0.25) is 0 Å². The molecule has 1 aromatic heterocycles. The Morgan fingerprint density at radius 3 is 2.62 bits per heavy atom. The molecule has 0 radical (unpaired) electrons. The van der Waals surface area contributed by atoms with Gasteiger partial charge in [-0.15, -0.1) is 0 Å². The third-order valence-electron chi connectivity index (χ3n) is 3.66. The minimum atomic E-state index is -0.0419. The topological polar surface area (TPSA) is 69.9 Å². The standard InChI is InChI=1S/C18H26N4O2/c1-12(2)21-18(20-11-17(23)22(4)5)19-10-16-13(3)14-8-6-7-9-15(14)24-16/h6-9,12H,10-11H2,1-5H3,(H2,19,20,21). The fourth-order valence-electron chi connectivity index (χ4n) is 2.27. The highest BCUT2D eigenvalue weighted by Crippen LogP contribution is 2.24. The van der Waals surface area contributed by atoms with Gasteiger partial charge in [-0.3, -0.25) is 4.79 Å². The summed E-state index contributed by atoms with van der Waals surface area (Å²) in [6, 6.07) is 8.19. The van der Waals surface area contributed by atoms with Crippen LogP contribution in [0.15, 0.2) is 33.7 Å². The molecule has 0 aliphatic heterocycles. The molecule has 1 aromatic carbocycles. The van der Waals surface area contributed by atoms with Crippen molar-refractivity contribution >= 4 is 22.8 Å². The van der Waals surface area contributed by atoms with Crippen LogP contribution in [0, 0.1) is 6.92 Å². The molecule has 0 fully saturated rings. The summed E-state index contributed by atoms with van der Waals surface area (Å²) in [6.07, 6.45) is 0. The molecular weight excluding hydrogens is 304 g/mol. The first-order chi connectivity index (χ1) is 11.4. The Bertz CT molecular complexity index is 732. The molecule has 0 atom stereocenters. The number of hydrogen-bond acceptors (Lipinski definition) is 3. The van der Waals surface area contributed by atoms with Crippen LogP contribution in [0.5, 0.6) is 0 Å². The van der Waals surface area contributed by atoms with Gasteiger partial charge in [0.25, 0.3) is 0 Å². The van der Waals surface area contributed by atoms with E-state index in [1.807, 2.05) is 39.0 Å². The number of aliphatic imine (C=N–C) groups is 1. The minimum Gasteiger partial charge on any atom is -0.459 e. The quantitative estimate of drug-likeness (QED) is 0.652. The molecule has 2 N–H and O–H groups in total. The van der Waals surface area contributed by atoms with Crippen molar-refractivity contribution < 1.29 is 9.21 Å². The number of nitrogens with zero attached hydrogens (tertiary/aromatic N) is 2. The fraction of sp³-hybridized carbons (Fsp3) is 0.444. The summed E-state index contributed by atoms with van der Waals surface area (Å²) in [4.78, 5) is 17.6. The van der Waals surface area contributed by atoms with Gasteiger partial charge in [-0.1, -0.05) is 18.2 Å². The molecule has 1 amide bonds. The summed E-state index contributed by atoms with van der Waals surface area (Å²) in [7, 11) is 3.44. The lowest BCUT2D eigenvalue weighted by molar-refractivity contribution is -0.127. The Labute approximate surface area is 142 Å². The number of carbonyl (C=O) groups excluding carboxylic acids is 1. The van der Waals surface area contributed by atoms with Crippen LogP contribution in [0.25, 0.3) is 11.0 Å². The van der Waals surface area contributed by atoms with Gasteiger partial charge in [0.2, 0.25) is 5.91 Å². The number of para-hydroxylation sites is 1. The molecule has 0 bridgehead atoms. The number of benzene rings is 1. The number of aryl methyl sites for hydroxylation is 1. The smallest absolute Gasteiger partial charge is 0.243 e. The van der Waals surface area contributed by atoms with Crippen LogP contribution in [0.4, 0.5) is 0 Å². The highest BCUT2D eigenvalue weighted by Gasteiger charge is 2.11. The maximum absolute atomic E-state index is 11.7. The number of rotatable bonds is 5. The Kier molecular flexibility index (Phi) is 5.84. The molecule has 0 saturated heterocycles. The SMILES string of the molecule is Cc1c(CNC(=NCC(=O)N(C)C)NC(C)C)oc2ccccc12. The highest BCUT2D eigenvalue weighted by molar-refractivity contribution is 5.85. The van der Waals surface area contributed by atoms with E-state index in [1.54, 1.807) is 14.1 Å². The molecule has 0 unspecified atom stereocenters. The largest absolute Gasteiger partial charge is 0.459 e. The zero-order valence-corrected chi connectivity index (χ0v) is 15.0. The minimum absolute atomic E-state index is 0.0419. The number of amides is 1. The molecule has 0 saturated carbocycles. The van der Waals surface area contributed by atoms with Gasteiger partial charge in [-0.2, -0.15) is 0 Å². The average molecular weight is 330 g/mol. The van der Waals surface area contributed by atoms with E-state index >= 15 is 0 Å². The second kappa shape index (κ2) is 7.86. The summed E-state index contributed by atoms with van der Waals surface area (Å²) in [6.45, 7) is 6.71. The van der Waals surface area contributed by atoms with Crippen LogP contribution < -0.4 is 10.6 Å². The lowest BCUT2D eigenvalue weighted by atomic mass is 10.1. The maximum atomic E-state index is 11.7. The van der Waals surface area contributed by atoms with E-state index in [0.717, 1.165) is 22.3 Å². The van der Waals surface area contributed by atoms with Gasteiger partial charge in [-0.05, 0) is 26.8 Å². The van der Waals surface area contributed by atoms with Crippen LogP contribution in [0.3, 0.4) is 0 Å². The van der Waals surface area contributed by atoms with E-state index in [-0.39, 0.29) is 18.5 Å². The Morgan fingerprint density at radius 2 is 2.00 bits per heavy atom. The van der Waals surface area contributed by atoms with Crippen LogP contribution in [0.1, 0.15) is 25.2 Å². The summed E-state index contributed by atoms with van der Waals surface area (Å²) < 4.78 is 5.90.